The van der Waals surface area contributed by atoms with Crippen LogP contribution >= 0.6 is 22.6 Å². The van der Waals surface area contributed by atoms with E-state index in [2.05, 4.69) is 58.4 Å². The predicted octanol–water partition coefficient (Wildman–Crippen LogP) is 3.87. The average molecular weight is 295 g/mol. The zero-order chi connectivity index (χ0) is 10.1. The first-order chi connectivity index (χ1) is 6.66. The lowest BCUT2D eigenvalue weighted by atomic mass is 10.1. The highest BCUT2D eigenvalue weighted by atomic mass is 127. The van der Waals surface area contributed by atoms with Gasteiger partial charge in [-0.3, -0.25) is 0 Å². The smallest absolute Gasteiger partial charge is 0.102 e. The summed E-state index contributed by atoms with van der Waals surface area (Å²) in [5, 5.41) is 1.18. The van der Waals surface area contributed by atoms with Crippen molar-refractivity contribution in [2.24, 2.45) is 0 Å². The van der Waals surface area contributed by atoms with E-state index in [1.807, 2.05) is 13.0 Å². The number of fused-ring (bicyclic) bond motifs is 1. The summed E-state index contributed by atoms with van der Waals surface area (Å²) in [6, 6.07) is 10.4. The molecule has 0 unspecified atom stereocenters. The van der Waals surface area contributed by atoms with Crippen LogP contribution in [0.3, 0.4) is 0 Å². The Morgan fingerprint density at radius 1 is 1.29 bits per heavy atom. The zero-order valence-electron chi connectivity index (χ0n) is 7.92. The fourth-order valence-corrected chi connectivity index (χ4v) is 1.80. The van der Waals surface area contributed by atoms with Gasteiger partial charge >= 0.3 is 0 Å². The van der Waals surface area contributed by atoms with Crippen molar-refractivity contribution in [2.45, 2.75) is 6.92 Å². The Morgan fingerprint density at radius 2 is 2.00 bits per heavy atom. The van der Waals surface area contributed by atoms with Gasteiger partial charge in [-0.2, -0.15) is 0 Å². The van der Waals surface area contributed by atoms with Crippen molar-refractivity contribution >= 4 is 39.1 Å². The van der Waals surface area contributed by atoms with Crippen LogP contribution in [-0.2, 0) is 0 Å². The molecule has 0 fully saturated rings. The molecule has 0 atom stereocenters. The summed E-state index contributed by atoms with van der Waals surface area (Å²) in [7, 11) is 0. The summed E-state index contributed by atoms with van der Waals surface area (Å²) < 4.78 is 1.02. The van der Waals surface area contributed by atoms with E-state index in [0.29, 0.717) is 0 Å². The quantitative estimate of drug-likeness (QED) is 0.575. The largest absolute Gasteiger partial charge is 0.242 e. The van der Waals surface area contributed by atoms with Gasteiger partial charge < -0.3 is 0 Å². The maximum Gasteiger partial charge on any atom is 0.102 e. The van der Waals surface area contributed by atoms with Crippen molar-refractivity contribution in [3.05, 3.63) is 46.2 Å². The van der Waals surface area contributed by atoms with Crippen LogP contribution in [-0.4, -0.2) is 4.98 Å². The summed E-state index contributed by atoms with van der Waals surface area (Å²) in [4.78, 5) is 4.46. The first kappa shape index (κ1) is 9.65. The summed E-state index contributed by atoms with van der Waals surface area (Å²) in [6.07, 6.45) is 0. The number of hydrogen-bond acceptors (Lipinski definition) is 1. The Balaban J connectivity index is 2.69. The van der Waals surface area contributed by atoms with E-state index in [-0.39, 0.29) is 0 Å². The molecule has 0 N–H and O–H groups in total. The molecule has 1 nitrogen and oxygen atoms in total. The first-order valence-corrected chi connectivity index (χ1v) is 5.47. The zero-order valence-corrected chi connectivity index (χ0v) is 10.1. The molecule has 1 aromatic carbocycles. The summed E-state index contributed by atoms with van der Waals surface area (Å²) in [5.41, 5.74) is 3.27. The topological polar surface area (TPSA) is 12.9 Å². The molecular weight excluding hydrogens is 285 g/mol. The molecule has 0 saturated heterocycles. The minimum atomic E-state index is 1.02. The van der Waals surface area contributed by atoms with Crippen LogP contribution in [0.2, 0.25) is 0 Å². The van der Waals surface area contributed by atoms with Crippen molar-refractivity contribution in [3.63, 3.8) is 0 Å². The first-order valence-electron chi connectivity index (χ1n) is 4.39. The molecule has 1 heterocycles. The van der Waals surface area contributed by atoms with E-state index in [1.165, 1.54) is 5.39 Å². The van der Waals surface area contributed by atoms with Crippen molar-refractivity contribution in [1.29, 1.82) is 0 Å². The van der Waals surface area contributed by atoms with Crippen LogP contribution < -0.4 is 0 Å². The highest BCUT2D eigenvalue weighted by molar-refractivity contribution is 14.1. The van der Waals surface area contributed by atoms with Gasteiger partial charge in [0.1, 0.15) is 3.70 Å². The molecular formula is C12H10IN. The van der Waals surface area contributed by atoms with Gasteiger partial charge in [0, 0.05) is 5.39 Å². The lowest BCUT2D eigenvalue weighted by Crippen LogP contribution is -1.84. The molecule has 0 aliphatic carbocycles. The average Bonchev–Trinajstić information content (AvgIpc) is 2.16. The Morgan fingerprint density at radius 3 is 2.71 bits per heavy atom. The van der Waals surface area contributed by atoms with E-state index < -0.39 is 0 Å². The fraction of sp³-hybridized carbons (Fsp3) is 0.0833. The van der Waals surface area contributed by atoms with Crippen LogP contribution in [0.5, 0.6) is 0 Å². The summed E-state index contributed by atoms with van der Waals surface area (Å²) >= 11 is 2.22. The minimum Gasteiger partial charge on any atom is -0.242 e. The van der Waals surface area contributed by atoms with Gasteiger partial charge in [-0.1, -0.05) is 30.4 Å². The van der Waals surface area contributed by atoms with Crippen molar-refractivity contribution in [2.75, 3.05) is 0 Å². The number of pyridine rings is 1. The molecule has 0 radical (unpaired) electrons. The van der Waals surface area contributed by atoms with Crippen LogP contribution in [0.25, 0.3) is 16.5 Å². The van der Waals surface area contributed by atoms with Gasteiger partial charge in [-0.15, -0.1) is 0 Å². The molecule has 0 saturated carbocycles. The molecule has 0 aliphatic heterocycles. The second-order valence-corrected chi connectivity index (χ2v) is 4.43. The highest BCUT2D eigenvalue weighted by Gasteiger charge is 1.98. The normalized spacial score (nSPS) is 10.4. The second-order valence-electron chi connectivity index (χ2n) is 3.32. The summed E-state index contributed by atoms with van der Waals surface area (Å²) in [5.74, 6) is 0. The number of allylic oxidation sites excluding steroid dienone is 1. The molecule has 70 valence electrons. The molecule has 0 bridgehead atoms. The van der Waals surface area contributed by atoms with Gasteiger partial charge in [0.25, 0.3) is 0 Å². The highest BCUT2D eigenvalue weighted by Crippen LogP contribution is 2.19. The van der Waals surface area contributed by atoms with Crippen LogP contribution in [0.15, 0.2) is 36.9 Å². The molecule has 2 rings (SSSR count). The van der Waals surface area contributed by atoms with Gasteiger partial charge in [-0.05, 0) is 47.2 Å². The van der Waals surface area contributed by atoms with E-state index in [9.17, 15) is 0 Å². The molecule has 14 heavy (non-hydrogen) atoms. The molecule has 2 aromatic rings. The van der Waals surface area contributed by atoms with E-state index in [1.54, 1.807) is 0 Å². The van der Waals surface area contributed by atoms with Gasteiger partial charge in [0.2, 0.25) is 0 Å². The van der Waals surface area contributed by atoms with Crippen molar-refractivity contribution in [3.8, 4) is 0 Å². The third-order valence-electron chi connectivity index (χ3n) is 2.15. The number of benzene rings is 1. The van der Waals surface area contributed by atoms with Crippen LogP contribution in [0.4, 0.5) is 0 Å². The monoisotopic (exact) mass is 295 g/mol. The minimum absolute atomic E-state index is 1.02. The van der Waals surface area contributed by atoms with Gasteiger partial charge in [0.05, 0.1) is 5.52 Å². The Hall–Kier alpha value is -0.900. The third kappa shape index (κ3) is 1.80. The molecule has 2 heteroatoms. The molecule has 0 spiro atoms. The Bertz CT molecular complexity index is 503. The van der Waals surface area contributed by atoms with Crippen molar-refractivity contribution < 1.29 is 0 Å². The molecule has 1 aromatic heterocycles. The van der Waals surface area contributed by atoms with Crippen molar-refractivity contribution in [1.82, 2.24) is 4.98 Å². The van der Waals surface area contributed by atoms with Crippen LogP contribution in [0, 0.1) is 3.70 Å². The Kier molecular flexibility index (Phi) is 2.54. The van der Waals surface area contributed by atoms with E-state index in [0.717, 1.165) is 20.4 Å². The standard InChI is InChI=1S/C12H10IN/c1-8(2)10-4-3-9-5-6-12(13)14-11(9)7-10/h3-7H,1H2,2H3. The number of nitrogens with zero attached hydrogens (tertiary/aromatic N) is 1. The van der Waals surface area contributed by atoms with E-state index in [4.69, 9.17) is 0 Å². The molecule has 0 amide bonds. The number of hydrogen-bond donors (Lipinski definition) is 0. The molecule has 0 aliphatic rings. The van der Waals surface area contributed by atoms with Gasteiger partial charge in [-0.25, -0.2) is 4.98 Å². The van der Waals surface area contributed by atoms with Crippen LogP contribution in [0.1, 0.15) is 12.5 Å². The SMILES string of the molecule is C=C(C)c1ccc2ccc(I)nc2c1. The predicted molar refractivity (Wildman–Crippen MR) is 69.2 cm³/mol. The van der Waals surface area contributed by atoms with E-state index >= 15 is 0 Å². The summed E-state index contributed by atoms with van der Waals surface area (Å²) in [6.45, 7) is 5.93. The second kappa shape index (κ2) is 3.69. The Labute approximate surface area is 97.0 Å². The third-order valence-corrected chi connectivity index (χ3v) is 2.75. The lowest BCUT2D eigenvalue weighted by molar-refractivity contribution is 1.34. The number of rotatable bonds is 1. The number of halogens is 1. The fourth-order valence-electron chi connectivity index (χ4n) is 1.36. The maximum atomic E-state index is 4.46. The number of aromatic nitrogens is 1. The lowest BCUT2D eigenvalue weighted by Gasteiger charge is -2.02. The maximum absolute atomic E-state index is 4.46. The van der Waals surface area contributed by atoms with Gasteiger partial charge in [0.15, 0.2) is 0 Å².